The average molecular weight is 529 g/mol. The molecule has 7 N–H and O–H groups in total. The van der Waals surface area contributed by atoms with Gasteiger partial charge in [0, 0.05) is 31.3 Å². The van der Waals surface area contributed by atoms with Gasteiger partial charge in [-0.05, 0) is 36.5 Å². The van der Waals surface area contributed by atoms with E-state index in [9.17, 15) is 29.4 Å². The molecule has 1 saturated heterocycles. The van der Waals surface area contributed by atoms with Crippen LogP contribution in [-0.2, 0) is 32.0 Å². The largest absolute Gasteiger partial charge is 0.508 e. The van der Waals surface area contributed by atoms with Crippen molar-refractivity contribution >= 4 is 23.7 Å². The van der Waals surface area contributed by atoms with Gasteiger partial charge in [-0.1, -0.05) is 32.4 Å². The summed E-state index contributed by atoms with van der Waals surface area (Å²) in [6, 6.07) is 2.10. The molecule has 206 valence electrons. The van der Waals surface area contributed by atoms with Crippen LogP contribution in [0.1, 0.15) is 44.4 Å². The minimum absolute atomic E-state index is 0.0233. The molecular weight excluding hydrogens is 492 g/mol. The topological polar surface area (TPSA) is 191 Å². The fourth-order valence-corrected chi connectivity index (χ4v) is 4.43. The molecule has 5 atom stereocenters. The number of rotatable bonds is 12. The lowest BCUT2D eigenvalue weighted by Crippen LogP contribution is -2.57. The van der Waals surface area contributed by atoms with E-state index in [1.54, 1.807) is 12.1 Å². The maximum absolute atomic E-state index is 13.3. The number of benzene rings is 1. The normalized spacial score (nSPS) is 18.3. The van der Waals surface area contributed by atoms with Crippen molar-refractivity contribution in [2.24, 2.45) is 11.7 Å². The molecule has 0 spiro atoms. The number of likely N-dealkylation sites (tertiary alicyclic amines) is 1. The van der Waals surface area contributed by atoms with E-state index in [-0.39, 0.29) is 30.4 Å². The third kappa shape index (κ3) is 7.31. The number of carboxylic acid groups (broad SMARTS) is 1. The molecular formula is C26H36N6O6. The summed E-state index contributed by atoms with van der Waals surface area (Å²) in [6.07, 6.45) is 4.74. The third-order valence-electron chi connectivity index (χ3n) is 6.98. The van der Waals surface area contributed by atoms with Crippen LogP contribution >= 0.6 is 0 Å². The van der Waals surface area contributed by atoms with Crippen molar-refractivity contribution in [1.82, 2.24) is 25.5 Å². The number of aromatic amines is 1. The molecule has 2 aromatic rings. The van der Waals surface area contributed by atoms with E-state index in [0.717, 1.165) is 6.42 Å². The Balaban J connectivity index is 1.74. The molecule has 5 unspecified atom stereocenters. The Morgan fingerprint density at radius 3 is 2.47 bits per heavy atom. The number of aromatic hydroxyl groups is 1. The number of nitrogens with one attached hydrogen (secondary N) is 3. The van der Waals surface area contributed by atoms with Gasteiger partial charge in [-0.2, -0.15) is 0 Å². The number of hydrogen-bond acceptors (Lipinski definition) is 7. The van der Waals surface area contributed by atoms with Crippen LogP contribution in [0.25, 0.3) is 0 Å². The van der Waals surface area contributed by atoms with Crippen molar-refractivity contribution in [2.45, 2.75) is 70.1 Å². The van der Waals surface area contributed by atoms with Crippen LogP contribution < -0.4 is 16.4 Å². The number of carboxylic acids is 1. The quantitative estimate of drug-likeness (QED) is 0.227. The fourth-order valence-electron chi connectivity index (χ4n) is 4.43. The first-order valence-corrected chi connectivity index (χ1v) is 12.8. The van der Waals surface area contributed by atoms with E-state index in [4.69, 9.17) is 5.73 Å². The predicted molar refractivity (Wildman–Crippen MR) is 138 cm³/mol. The van der Waals surface area contributed by atoms with Gasteiger partial charge in [0.05, 0.1) is 12.4 Å². The summed E-state index contributed by atoms with van der Waals surface area (Å²) in [5.41, 5.74) is 7.30. The minimum atomic E-state index is -1.27. The molecule has 1 aliphatic rings. The van der Waals surface area contributed by atoms with E-state index < -0.39 is 42.0 Å². The van der Waals surface area contributed by atoms with E-state index in [1.165, 1.54) is 29.6 Å². The first-order valence-electron chi connectivity index (χ1n) is 12.8. The van der Waals surface area contributed by atoms with Crippen LogP contribution in [0.2, 0.25) is 0 Å². The number of amides is 3. The number of phenols is 1. The number of carbonyl (C=O) groups excluding carboxylic acids is 3. The molecule has 0 saturated carbocycles. The Kier molecular flexibility index (Phi) is 9.83. The van der Waals surface area contributed by atoms with Gasteiger partial charge in [0.2, 0.25) is 17.7 Å². The summed E-state index contributed by atoms with van der Waals surface area (Å²) in [6.45, 7) is 4.22. The smallest absolute Gasteiger partial charge is 0.326 e. The molecule has 38 heavy (non-hydrogen) atoms. The Labute approximate surface area is 221 Å². The Morgan fingerprint density at radius 1 is 1.16 bits per heavy atom. The van der Waals surface area contributed by atoms with Crippen LogP contribution in [-0.4, -0.2) is 79.5 Å². The van der Waals surface area contributed by atoms with Gasteiger partial charge in [-0.3, -0.25) is 14.4 Å². The lowest BCUT2D eigenvalue weighted by molar-refractivity contribution is -0.143. The van der Waals surface area contributed by atoms with Gasteiger partial charge in [-0.25, -0.2) is 9.78 Å². The van der Waals surface area contributed by atoms with Gasteiger partial charge >= 0.3 is 5.97 Å². The van der Waals surface area contributed by atoms with Gasteiger partial charge < -0.3 is 36.5 Å². The highest BCUT2D eigenvalue weighted by Gasteiger charge is 2.39. The first-order chi connectivity index (χ1) is 18.1. The van der Waals surface area contributed by atoms with Gasteiger partial charge in [0.25, 0.3) is 0 Å². The van der Waals surface area contributed by atoms with E-state index in [1.807, 2.05) is 13.8 Å². The molecule has 3 rings (SSSR count). The van der Waals surface area contributed by atoms with E-state index >= 15 is 0 Å². The summed E-state index contributed by atoms with van der Waals surface area (Å²) >= 11 is 0. The molecule has 12 heteroatoms. The second-order valence-corrected chi connectivity index (χ2v) is 9.71. The molecule has 1 aliphatic heterocycles. The third-order valence-corrected chi connectivity index (χ3v) is 6.98. The van der Waals surface area contributed by atoms with Gasteiger partial charge in [0.15, 0.2) is 0 Å². The van der Waals surface area contributed by atoms with Crippen LogP contribution in [0, 0.1) is 5.92 Å². The van der Waals surface area contributed by atoms with Gasteiger partial charge in [0.1, 0.15) is 23.9 Å². The predicted octanol–water partition coefficient (Wildman–Crippen LogP) is 0.319. The molecule has 2 heterocycles. The van der Waals surface area contributed by atoms with Crippen molar-refractivity contribution in [1.29, 1.82) is 0 Å². The van der Waals surface area contributed by atoms with E-state index in [0.29, 0.717) is 30.6 Å². The maximum Gasteiger partial charge on any atom is 0.326 e. The number of H-pyrrole nitrogens is 1. The number of imidazole rings is 1. The van der Waals surface area contributed by atoms with Gasteiger partial charge in [-0.15, -0.1) is 0 Å². The van der Waals surface area contributed by atoms with Crippen molar-refractivity contribution < 1.29 is 29.4 Å². The number of nitrogens with two attached hydrogens (primary N) is 1. The second-order valence-electron chi connectivity index (χ2n) is 9.71. The average Bonchev–Trinajstić information content (AvgIpc) is 3.60. The molecule has 1 aromatic heterocycles. The zero-order valence-corrected chi connectivity index (χ0v) is 21.6. The van der Waals surface area contributed by atoms with E-state index in [2.05, 4.69) is 20.6 Å². The van der Waals surface area contributed by atoms with Crippen LogP contribution in [0.15, 0.2) is 36.8 Å². The minimum Gasteiger partial charge on any atom is -0.508 e. The summed E-state index contributed by atoms with van der Waals surface area (Å²) in [5, 5.41) is 24.4. The fraction of sp³-hybridized carbons (Fsp3) is 0.500. The van der Waals surface area contributed by atoms with Crippen molar-refractivity contribution in [3.63, 3.8) is 0 Å². The lowest BCUT2D eigenvalue weighted by atomic mass is 9.98. The summed E-state index contributed by atoms with van der Waals surface area (Å²) in [5.74, 6) is -2.75. The zero-order valence-electron chi connectivity index (χ0n) is 21.6. The molecule has 3 amide bonds. The number of aromatic nitrogens is 2. The van der Waals surface area contributed by atoms with Crippen LogP contribution in [0.5, 0.6) is 5.75 Å². The highest BCUT2D eigenvalue weighted by molar-refractivity contribution is 5.94. The van der Waals surface area contributed by atoms with Crippen molar-refractivity contribution in [3.05, 3.63) is 48.0 Å². The number of nitrogens with zero attached hydrogens (tertiary/aromatic N) is 2. The number of hydrogen-bond donors (Lipinski definition) is 6. The molecule has 1 aromatic carbocycles. The number of carbonyl (C=O) groups is 4. The van der Waals surface area contributed by atoms with Crippen LogP contribution in [0.4, 0.5) is 0 Å². The van der Waals surface area contributed by atoms with Crippen LogP contribution in [0.3, 0.4) is 0 Å². The lowest BCUT2D eigenvalue weighted by Gasteiger charge is -2.30. The number of aliphatic carboxylic acids is 1. The molecule has 12 nitrogen and oxygen atoms in total. The highest BCUT2D eigenvalue weighted by Crippen LogP contribution is 2.21. The Bertz CT molecular complexity index is 1110. The molecule has 0 radical (unpaired) electrons. The first kappa shape index (κ1) is 28.6. The highest BCUT2D eigenvalue weighted by atomic mass is 16.4. The maximum atomic E-state index is 13.3. The monoisotopic (exact) mass is 528 g/mol. The molecule has 0 aliphatic carbocycles. The standard InChI is InChI=1S/C26H36N6O6/c1-3-15(2)22(27)25(36)32-10-4-5-21(32)24(35)30-19(12-17-13-28-14-29-17)23(34)31-20(26(37)38)11-16-6-8-18(33)9-7-16/h6-9,13-15,19-22,33H,3-5,10-12,27H2,1-2H3,(H,28,29)(H,30,35)(H,31,34)(H,37,38). The van der Waals surface area contributed by atoms with Crippen molar-refractivity contribution in [3.8, 4) is 5.75 Å². The van der Waals surface area contributed by atoms with Crippen molar-refractivity contribution in [2.75, 3.05) is 6.54 Å². The molecule has 0 bridgehead atoms. The SMILES string of the molecule is CCC(C)C(N)C(=O)N1CCCC1C(=O)NC(Cc1cnc[nH]1)C(=O)NC(Cc1ccc(O)cc1)C(=O)O. The number of phenolic OH excluding ortho intramolecular Hbond substituents is 1. The Morgan fingerprint density at radius 2 is 1.87 bits per heavy atom. The summed E-state index contributed by atoms with van der Waals surface area (Å²) in [4.78, 5) is 59.8. The second kappa shape index (κ2) is 13.0. The molecule has 1 fully saturated rings. The summed E-state index contributed by atoms with van der Waals surface area (Å²) in [7, 11) is 0. The Hall–Kier alpha value is -3.93. The zero-order chi connectivity index (χ0) is 27.8. The summed E-state index contributed by atoms with van der Waals surface area (Å²) < 4.78 is 0.